The molecule has 6 heteroatoms. The molecule has 0 aliphatic heterocycles. The molecule has 2 nitrogen and oxygen atoms in total. The van der Waals surface area contributed by atoms with Crippen molar-refractivity contribution in [3.05, 3.63) is 30.3 Å². The Kier molecular flexibility index (Phi) is 3.05. The fourth-order valence-corrected chi connectivity index (χ4v) is 1.44. The zero-order valence-electron chi connectivity index (χ0n) is 6.34. The average molecular weight is 209 g/mol. The third kappa shape index (κ3) is 3.56. The van der Waals surface area contributed by atoms with Crippen LogP contribution in [0.1, 0.15) is 0 Å². The maximum Gasteiger partial charge on any atom is 0.468 e. The van der Waals surface area contributed by atoms with Crippen LogP contribution in [0.4, 0.5) is 13.2 Å². The Morgan fingerprint density at radius 2 is 1.69 bits per heavy atom. The molecule has 0 radical (unpaired) electrons. The van der Waals surface area contributed by atoms with Crippen LogP contribution in [0.5, 0.6) is 0 Å². The molecule has 0 aliphatic carbocycles. The van der Waals surface area contributed by atoms with Gasteiger partial charge in [-0.25, -0.2) is 4.21 Å². The monoisotopic (exact) mass is 209 g/mol. The fraction of sp³-hybridized carbons (Fsp3) is 0.143. The van der Waals surface area contributed by atoms with Crippen molar-refractivity contribution in [3.8, 4) is 0 Å². The van der Waals surface area contributed by atoms with Gasteiger partial charge in [-0.15, -0.1) is 4.72 Å². The van der Waals surface area contributed by atoms with Gasteiger partial charge < -0.3 is 0 Å². The van der Waals surface area contributed by atoms with Crippen molar-refractivity contribution < 1.29 is 17.4 Å². The summed E-state index contributed by atoms with van der Waals surface area (Å²) < 4.78 is 47.0. The number of alkyl halides is 3. The zero-order chi connectivity index (χ0) is 9.90. The van der Waals surface area contributed by atoms with Crippen LogP contribution in [0.2, 0.25) is 0 Å². The van der Waals surface area contributed by atoms with Crippen LogP contribution in [-0.4, -0.2) is 10.5 Å². The molecular weight excluding hydrogens is 203 g/mol. The molecule has 13 heavy (non-hydrogen) atoms. The molecule has 0 saturated heterocycles. The molecule has 0 aromatic heterocycles. The van der Waals surface area contributed by atoms with E-state index in [2.05, 4.69) is 0 Å². The molecule has 0 aliphatic rings. The second-order valence-electron chi connectivity index (χ2n) is 2.18. The first-order chi connectivity index (χ1) is 5.99. The van der Waals surface area contributed by atoms with Gasteiger partial charge in [0.15, 0.2) is 0 Å². The lowest BCUT2D eigenvalue weighted by atomic mass is 10.4. The molecular formula is C7H6F3NOS. The van der Waals surface area contributed by atoms with Crippen LogP contribution in [-0.2, 0) is 11.0 Å². The van der Waals surface area contributed by atoms with Gasteiger partial charge in [0.25, 0.3) is 0 Å². The molecule has 1 atom stereocenters. The molecule has 0 amide bonds. The van der Waals surface area contributed by atoms with Gasteiger partial charge in [-0.3, -0.25) is 0 Å². The summed E-state index contributed by atoms with van der Waals surface area (Å²) in [6.07, 6.45) is -4.62. The van der Waals surface area contributed by atoms with Crippen molar-refractivity contribution in [2.24, 2.45) is 0 Å². The number of nitrogens with one attached hydrogen (secondary N) is 1. The number of hydrogen-bond donors (Lipinski definition) is 1. The molecule has 1 N–H and O–H groups in total. The predicted molar refractivity (Wildman–Crippen MR) is 42.0 cm³/mol. The van der Waals surface area contributed by atoms with Crippen LogP contribution in [0, 0.1) is 0 Å². The number of hydrogen-bond acceptors (Lipinski definition) is 1. The van der Waals surface area contributed by atoms with E-state index in [1.165, 1.54) is 24.3 Å². The second kappa shape index (κ2) is 3.89. The molecule has 0 bridgehead atoms. The van der Waals surface area contributed by atoms with Crippen molar-refractivity contribution in [1.29, 1.82) is 0 Å². The third-order valence-electron chi connectivity index (χ3n) is 1.17. The van der Waals surface area contributed by atoms with E-state index in [9.17, 15) is 17.4 Å². The SMILES string of the molecule is O=S(NC(F)(F)F)c1ccccc1. The summed E-state index contributed by atoms with van der Waals surface area (Å²) in [7, 11) is -2.23. The lowest BCUT2D eigenvalue weighted by Crippen LogP contribution is -2.33. The Morgan fingerprint density at radius 1 is 1.15 bits per heavy atom. The maximum atomic E-state index is 11.7. The smallest absolute Gasteiger partial charge is 0.237 e. The summed E-state index contributed by atoms with van der Waals surface area (Å²) in [5, 5.41) is 0. The molecule has 1 aromatic carbocycles. The lowest BCUT2D eigenvalue weighted by Gasteiger charge is -2.07. The topological polar surface area (TPSA) is 29.1 Å². The van der Waals surface area contributed by atoms with Gasteiger partial charge in [0.1, 0.15) is 11.0 Å². The number of benzene rings is 1. The first kappa shape index (κ1) is 10.2. The van der Waals surface area contributed by atoms with Crippen LogP contribution < -0.4 is 4.72 Å². The van der Waals surface area contributed by atoms with Gasteiger partial charge in [-0.2, -0.15) is 13.2 Å². The largest absolute Gasteiger partial charge is 0.468 e. The highest BCUT2D eigenvalue weighted by Gasteiger charge is 2.30. The standard InChI is InChI=1S/C7H6F3NOS/c8-7(9,10)11-13(12)6-4-2-1-3-5-6/h1-5,11H. The molecule has 0 heterocycles. The molecule has 0 spiro atoms. The van der Waals surface area contributed by atoms with Gasteiger partial charge >= 0.3 is 6.30 Å². The summed E-state index contributed by atoms with van der Waals surface area (Å²) in [5.74, 6) is 0. The van der Waals surface area contributed by atoms with Crippen LogP contribution in [0.3, 0.4) is 0 Å². The number of halogens is 3. The Balaban J connectivity index is 2.71. The Morgan fingerprint density at radius 3 is 2.15 bits per heavy atom. The Hall–Kier alpha value is -0.880. The third-order valence-corrected chi connectivity index (χ3v) is 2.28. The van der Waals surface area contributed by atoms with E-state index in [0.717, 1.165) is 4.72 Å². The van der Waals surface area contributed by atoms with Gasteiger partial charge in [-0.1, -0.05) is 18.2 Å². The highest BCUT2D eigenvalue weighted by molar-refractivity contribution is 7.83. The minimum atomic E-state index is -4.62. The normalized spacial score (nSPS) is 14.1. The van der Waals surface area contributed by atoms with Crippen molar-refractivity contribution in [2.45, 2.75) is 11.2 Å². The number of rotatable bonds is 2. The van der Waals surface area contributed by atoms with E-state index in [-0.39, 0.29) is 4.90 Å². The van der Waals surface area contributed by atoms with Crippen molar-refractivity contribution in [3.63, 3.8) is 0 Å². The highest BCUT2D eigenvalue weighted by Crippen LogP contribution is 2.13. The highest BCUT2D eigenvalue weighted by atomic mass is 32.2. The van der Waals surface area contributed by atoms with E-state index in [4.69, 9.17) is 0 Å². The molecule has 1 aromatic rings. The van der Waals surface area contributed by atoms with Gasteiger partial charge in [0, 0.05) is 0 Å². The second-order valence-corrected chi connectivity index (χ2v) is 3.39. The Bertz CT molecular complexity index is 298. The molecule has 1 unspecified atom stereocenters. The minimum absolute atomic E-state index is 0.0971. The van der Waals surface area contributed by atoms with Crippen LogP contribution >= 0.6 is 0 Å². The average Bonchev–Trinajstić information content (AvgIpc) is 2.03. The summed E-state index contributed by atoms with van der Waals surface area (Å²) in [5.41, 5.74) is 0. The quantitative estimate of drug-likeness (QED) is 0.739. The van der Waals surface area contributed by atoms with Crippen molar-refractivity contribution in [1.82, 2.24) is 4.72 Å². The molecule has 72 valence electrons. The van der Waals surface area contributed by atoms with Gasteiger partial charge in [0.2, 0.25) is 0 Å². The Labute approximate surface area is 75.4 Å². The summed E-state index contributed by atoms with van der Waals surface area (Å²) in [6, 6.07) is 7.38. The molecule has 0 fully saturated rings. The molecule has 0 saturated carbocycles. The van der Waals surface area contributed by atoms with Gasteiger partial charge in [0.05, 0.1) is 4.90 Å². The summed E-state index contributed by atoms with van der Waals surface area (Å²) in [6.45, 7) is 0. The maximum absolute atomic E-state index is 11.7. The van der Waals surface area contributed by atoms with E-state index in [1.54, 1.807) is 6.07 Å². The zero-order valence-corrected chi connectivity index (χ0v) is 7.15. The first-order valence-corrected chi connectivity index (χ1v) is 4.45. The van der Waals surface area contributed by atoms with Crippen LogP contribution in [0.15, 0.2) is 35.2 Å². The summed E-state index contributed by atoms with van der Waals surface area (Å²) >= 11 is 0. The van der Waals surface area contributed by atoms with Crippen molar-refractivity contribution in [2.75, 3.05) is 0 Å². The van der Waals surface area contributed by atoms with E-state index in [1.807, 2.05) is 0 Å². The van der Waals surface area contributed by atoms with Gasteiger partial charge in [-0.05, 0) is 12.1 Å². The van der Waals surface area contributed by atoms with E-state index < -0.39 is 17.3 Å². The fourth-order valence-electron chi connectivity index (χ4n) is 0.708. The minimum Gasteiger partial charge on any atom is -0.237 e. The lowest BCUT2D eigenvalue weighted by molar-refractivity contribution is -0.137. The van der Waals surface area contributed by atoms with E-state index >= 15 is 0 Å². The van der Waals surface area contributed by atoms with Crippen molar-refractivity contribution >= 4 is 11.0 Å². The van der Waals surface area contributed by atoms with E-state index in [0.29, 0.717) is 0 Å². The van der Waals surface area contributed by atoms with Crippen LogP contribution in [0.25, 0.3) is 0 Å². The predicted octanol–water partition coefficient (Wildman–Crippen LogP) is 1.82. The first-order valence-electron chi connectivity index (χ1n) is 3.30. The summed E-state index contributed by atoms with van der Waals surface area (Å²) in [4.78, 5) is 0.0971. The molecule has 1 rings (SSSR count).